The summed E-state index contributed by atoms with van der Waals surface area (Å²) in [5.74, 6) is 0.335. The lowest BCUT2D eigenvalue weighted by Crippen LogP contribution is -2.12. The molecule has 2 aromatic carbocycles. The van der Waals surface area contributed by atoms with Gasteiger partial charge in [0.25, 0.3) is 5.91 Å². The summed E-state index contributed by atoms with van der Waals surface area (Å²) in [5, 5.41) is 8.97. The zero-order chi connectivity index (χ0) is 16.7. The van der Waals surface area contributed by atoms with Crippen molar-refractivity contribution >= 4 is 12.0 Å². The van der Waals surface area contributed by atoms with E-state index in [-0.39, 0.29) is 5.57 Å². The molecular formula is C18H16N2O3. The molecule has 0 aliphatic carbocycles. The normalized spacial score (nSPS) is 10.7. The lowest BCUT2D eigenvalue weighted by atomic mass is 10.1. The fourth-order valence-electron chi connectivity index (χ4n) is 1.94. The minimum Gasteiger partial charge on any atom is -0.497 e. The van der Waals surface area contributed by atoms with Crippen molar-refractivity contribution < 1.29 is 14.3 Å². The maximum Gasteiger partial charge on any atom is 0.259 e. The van der Waals surface area contributed by atoms with Crippen molar-refractivity contribution in [3.8, 4) is 17.6 Å². The van der Waals surface area contributed by atoms with Crippen molar-refractivity contribution in [2.75, 3.05) is 7.11 Å². The van der Waals surface area contributed by atoms with Gasteiger partial charge in [-0.3, -0.25) is 4.79 Å². The Bertz CT molecular complexity index is 762. The Morgan fingerprint density at radius 2 is 2.00 bits per heavy atom. The molecule has 0 unspecified atom stereocenters. The highest BCUT2D eigenvalue weighted by Crippen LogP contribution is 2.27. The summed E-state index contributed by atoms with van der Waals surface area (Å²) in [6.45, 7) is 0.354. The van der Waals surface area contributed by atoms with E-state index < -0.39 is 5.91 Å². The second-order valence-electron chi connectivity index (χ2n) is 4.71. The molecule has 0 saturated carbocycles. The molecule has 0 heterocycles. The molecule has 2 aromatic rings. The Balaban J connectivity index is 2.32. The third kappa shape index (κ3) is 4.35. The minimum atomic E-state index is -0.780. The summed E-state index contributed by atoms with van der Waals surface area (Å²) in [7, 11) is 1.55. The third-order valence-corrected chi connectivity index (χ3v) is 3.14. The predicted molar refractivity (Wildman–Crippen MR) is 86.6 cm³/mol. The minimum absolute atomic E-state index is 0.139. The van der Waals surface area contributed by atoms with Gasteiger partial charge in [-0.25, -0.2) is 0 Å². The average Bonchev–Trinajstić information content (AvgIpc) is 2.58. The van der Waals surface area contributed by atoms with E-state index >= 15 is 0 Å². The molecular weight excluding hydrogens is 292 g/mol. The number of ether oxygens (including phenoxy) is 2. The van der Waals surface area contributed by atoms with Crippen LogP contribution in [-0.2, 0) is 11.4 Å². The van der Waals surface area contributed by atoms with Crippen LogP contribution >= 0.6 is 0 Å². The predicted octanol–water partition coefficient (Wildman–Crippen LogP) is 2.67. The number of primary amides is 1. The van der Waals surface area contributed by atoms with Crippen LogP contribution in [0.25, 0.3) is 6.08 Å². The van der Waals surface area contributed by atoms with E-state index in [0.29, 0.717) is 23.7 Å². The summed E-state index contributed by atoms with van der Waals surface area (Å²) >= 11 is 0. The van der Waals surface area contributed by atoms with Crippen LogP contribution in [0.5, 0.6) is 11.5 Å². The van der Waals surface area contributed by atoms with Crippen LogP contribution in [0.1, 0.15) is 11.1 Å². The average molecular weight is 308 g/mol. The molecule has 0 aliphatic rings. The van der Waals surface area contributed by atoms with Gasteiger partial charge < -0.3 is 15.2 Å². The van der Waals surface area contributed by atoms with E-state index in [1.54, 1.807) is 31.4 Å². The quantitative estimate of drug-likeness (QED) is 0.656. The maximum absolute atomic E-state index is 11.2. The molecule has 0 atom stereocenters. The molecule has 0 aromatic heterocycles. The number of amides is 1. The van der Waals surface area contributed by atoms with Gasteiger partial charge in [-0.2, -0.15) is 5.26 Å². The Hall–Kier alpha value is -3.26. The molecule has 0 radical (unpaired) electrons. The van der Waals surface area contributed by atoms with Gasteiger partial charge in [-0.05, 0) is 23.8 Å². The molecule has 5 heteroatoms. The molecule has 2 rings (SSSR count). The van der Waals surface area contributed by atoms with Gasteiger partial charge in [-0.15, -0.1) is 0 Å². The Morgan fingerprint density at radius 1 is 1.26 bits per heavy atom. The van der Waals surface area contributed by atoms with Gasteiger partial charge in [0, 0.05) is 11.6 Å². The van der Waals surface area contributed by atoms with Crippen LogP contribution in [0.4, 0.5) is 0 Å². The van der Waals surface area contributed by atoms with Crippen molar-refractivity contribution in [3.05, 3.63) is 65.2 Å². The van der Waals surface area contributed by atoms with Crippen molar-refractivity contribution in [1.82, 2.24) is 0 Å². The van der Waals surface area contributed by atoms with Crippen LogP contribution in [0, 0.1) is 11.3 Å². The highest BCUT2D eigenvalue weighted by Gasteiger charge is 2.09. The van der Waals surface area contributed by atoms with Gasteiger partial charge in [0.15, 0.2) is 0 Å². The van der Waals surface area contributed by atoms with Gasteiger partial charge in [0.2, 0.25) is 0 Å². The second-order valence-corrected chi connectivity index (χ2v) is 4.71. The van der Waals surface area contributed by atoms with Crippen molar-refractivity contribution in [2.45, 2.75) is 6.61 Å². The fraction of sp³-hybridized carbons (Fsp3) is 0.111. The van der Waals surface area contributed by atoms with Gasteiger partial charge in [0.1, 0.15) is 29.7 Å². The van der Waals surface area contributed by atoms with Crippen LogP contribution in [0.3, 0.4) is 0 Å². The first-order valence-electron chi connectivity index (χ1n) is 6.90. The zero-order valence-corrected chi connectivity index (χ0v) is 12.7. The smallest absolute Gasteiger partial charge is 0.259 e. The molecule has 1 amide bonds. The highest BCUT2D eigenvalue weighted by molar-refractivity contribution is 6.00. The summed E-state index contributed by atoms with van der Waals surface area (Å²) in [6, 6.07) is 16.6. The highest BCUT2D eigenvalue weighted by atomic mass is 16.5. The molecule has 0 aliphatic heterocycles. The SMILES string of the molecule is COc1ccc(/C=C(\C#N)C(N)=O)c(OCc2ccccc2)c1. The van der Waals surface area contributed by atoms with Crippen LogP contribution in [0.15, 0.2) is 54.1 Å². The first-order chi connectivity index (χ1) is 11.1. The Morgan fingerprint density at radius 3 is 2.61 bits per heavy atom. The number of carbonyl (C=O) groups excluding carboxylic acids is 1. The first kappa shape index (κ1) is 16.1. The first-order valence-corrected chi connectivity index (χ1v) is 6.90. The Labute approximate surface area is 134 Å². The molecule has 116 valence electrons. The molecule has 5 nitrogen and oxygen atoms in total. The topological polar surface area (TPSA) is 85.3 Å². The summed E-state index contributed by atoms with van der Waals surface area (Å²) in [5.41, 5.74) is 6.61. The maximum atomic E-state index is 11.2. The second kappa shape index (κ2) is 7.66. The van der Waals surface area contributed by atoms with E-state index in [4.69, 9.17) is 20.5 Å². The molecule has 0 saturated heterocycles. The van der Waals surface area contributed by atoms with E-state index in [0.717, 1.165) is 5.56 Å². The summed E-state index contributed by atoms with van der Waals surface area (Å²) < 4.78 is 11.0. The van der Waals surface area contributed by atoms with Crippen molar-refractivity contribution in [2.24, 2.45) is 5.73 Å². The van der Waals surface area contributed by atoms with Gasteiger partial charge >= 0.3 is 0 Å². The Kier molecular flexibility index (Phi) is 5.37. The lowest BCUT2D eigenvalue weighted by molar-refractivity contribution is -0.114. The summed E-state index contributed by atoms with van der Waals surface area (Å²) in [6.07, 6.45) is 1.40. The third-order valence-electron chi connectivity index (χ3n) is 3.14. The number of nitrogens with two attached hydrogens (primary N) is 1. The number of nitriles is 1. The largest absolute Gasteiger partial charge is 0.497 e. The summed E-state index contributed by atoms with van der Waals surface area (Å²) in [4.78, 5) is 11.2. The van der Waals surface area contributed by atoms with Crippen molar-refractivity contribution in [1.29, 1.82) is 5.26 Å². The number of methoxy groups -OCH3 is 1. The number of hydrogen-bond donors (Lipinski definition) is 1. The van der Waals surface area contributed by atoms with E-state index in [1.165, 1.54) is 6.08 Å². The number of carbonyl (C=O) groups is 1. The number of hydrogen-bond acceptors (Lipinski definition) is 4. The van der Waals surface area contributed by atoms with Crippen LogP contribution < -0.4 is 15.2 Å². The fourth-order valence-corrected chi connectivity index (χ4v) is 1.94. The van der Waals surface area contributed by atoms with Crippen LogP contribution in [0.2, 0.25) is 0 Å². The van der Waals surface area contributed by atoms with E-state index in [9.17, 15) is 4.79 Å². The monoisotopic (exact) mass is 308 g/mol. The lowest BCUT2D eigenvalue weighted by Gasteiger charge is -2.11. The molecule has 0 fully saturated rings. The number of rotatable bonds is 6. The van der Waals surface area contributed by atoms with Gasteiger partial charge in [0.05, 0.1) is 7.11 Å². The van der Waals surface area contributed by atoms with E-state index in [1.807, 2.05) is 30.3 Å². The van der Waals surface area contributed by atoms with E-state index in [2.05, 4.69) is 0 Å². The molecule has 0 spiro atoms. The molecule has 0 bridgehead atoms. The van der Waals surface area contributed by atoms with Gasteiger partial charge in [-0.1, -0.05) is 30.3 Å². The van der Waals surface area contributed by atoms with Crippen molar-refractivity contribution in [3.63, 3.8) is 0 Å². The standard InChI is InChI=1S/C18H16N2O3/c1-22-16-8-7-14(9-15(11-19)18(20)21)17(10-16)23-12-13-5-3-2-4-6-13/h2-10H,12H2,1H3,(H2,20,21)/b15-9+. The number of benzene rings is 2. The van der Waals surface area contributed by atoms with Crippen LogP contribution in [-0.4, -0.2) is 13.0 Å². The molecule has 23 heavy (non-hydrogen) atoms. The zero-order valence-electron chi connectivity index (χ0n) is 12.7. The number of nitrogens with zero attached hydrogens (tertiary/aromatic N) is 1. The molecule has 2 N–H and O–H groups in total.